The van der Waals surface area contributed by atoms with Crippen molar-refractivity contribution in [1.82, 2.24) is 10.3 Å². The minimum Gasteiger partial charge on any atom is -0.496 e. The van der Waals surface area contributed by atoms with Gasteiger partial charge in [0.1, 0.15) is 5.75 Å². The molecule has 2 rings (SSSR count). The van der Waals surface area contributed by atoms with Crippen molar-refractivity contribution in [3.63, 3.8) is 0 Å². The summed E-state index contributed by atoms with van der Waals surface area (Å²) >= 11 is 6.16. The Morgan fingerprint density at radius 3 is 2.81 bits per heavy atom. The Hall–Kier alpha value is -1.19. The van der Waals surface area contributed by atoms with Gasteiger partial charge in [-0.05, 0) is 31.7 Å². The Labute approximate surface area is 99.7 Å². The van der Waals surface area contributed by atoms with Gasteiger partial charge in [-0.1, -0.05) is 11.6 Å². The van der Waals surface area contributed by atoms with Crippen molar-refractivity contribution in [1.29, 1.82) is 0 Å². The van der Waals surface area contributed by atoms with E-state index in [0.29, 0.717) is 0 Å². The molecule has 0 unspecified atom stereocenters. The fraction of sp³-hybridized carbons (Fsp3) is 0.333. The zero-order valence-corrected chi connectivity index (χ0v) is 10.4. The SMILES string of the molecule is CNCc1c(C)[nH]c2c(Cl)ccc(OC)c12. The summed E-state index contributed by atoms with van der Waals surface area (Å²) in [6, 6.07) is 3.75. The number of benzene rings is 1. The molecule has 0 aliphatic heterocycles. The summed E-state index contributed by atoms with van der Waals surface area (Å²) in [4.78, 5) is 3.30. The number of halogens is 1. The first kappa shape index (κ1) is 11.3. The van der Waals surface area contributed by atoms with Gasteiger partial charge in [-0.2, -0.15) is 0 Å². The normalized spacial score (nSPS) is 11.0. The molecule has 0 atom stereocenters. The molecule has 0 bridgehead atoms. The first-order chi connectivity index (χ1) is 7.69. The quantitative estimate of drug-likeness (QED) is 0.863. The van der Waals surface area contributed by atoms with Gasteiger partial charge >= 0.3 is 0 Å². The van der Waals surface area contributed by atoms with Crippen LogP contribution in [0.1, 0.15) is 11.3 Å². The average molecular weight is 239 g/mol. The van der Waals surface area contributed by atoms with Gasteiger partial charge < -0.3 is 15.0 Å². The lowest BCUT2D eigenvalue weighted by atomic mass is 10.1. The van der Waals surface area contributed by atoms with Crippen LogP contribution in [0.5, 0.6) is 5.75 Å². The predicted molar refractivity (Wildman–Crippen MR) is 67.4 cm³/mol. The second-order valence-corrected chi connectivity index (χ2v) is 4.17. The fourth-order valence-corrected chi connectivity index (χ4v) is 2.20. The monoisotopic (exact) mass is 238 g/mol. The van der Waals surface area contributed by atoms with Crippen LogP contribution in [0.15, 0.2) is 12.1 Å². The van der Waals surface area contributed by atoms with E-state index in [4.69, 9.17) is 16.3 Å². The van der Waals surface area contributed by atoms with Crippen molar-refractivity contribution < 1.29 is 4.74 Å². The van der Waals surface area contributed by atoms with Gasteiger partial charge in [0.2, 0.25) is 0 Å². The summed E-state index contributed by atoms with van der Waals surface area (Å²) in [5.74, 6) is 0.856. The van der Waals surface area contributed by atoms with E-state index < -0.39 is 0 Å². The minimum atomic E-state index is 0.723. The summed E-state index contributed by atoms with van der Waals surface area (Å²) in [7, 11) is 3.60. The molecule has 1 aromatic heterocycles. The molecular formula is C12H15ClN2O. The lowest BCUT2D eigenvalue weighted by Crippen LogP contribution is -2.05. The largest absolute Gasteiger partial charge is 0.496 e. The molecule has 2 aromatic rings. The summed E-state index contributed by atoms with van der Waals surface area (Å²) in [5, 5.41) is 4.95. The molecule has 0 fully saturated rings. The third kappa shape index (κ3) is 1.66. The highest BCUT2D eigenvalue weighted by Crippen LogP contribution is 2.35. The summed E-state index contributed by atoms with van der Waals surface area (Å²) < 4.78 is 5.38. The lowest BCUT2D eigenvalue weighted by Gasteiger charge is -2.06. The van der Waals surface area contributed by atoms with E-state index in [9.17, 15) is 0 Å². The molecular weight excluding hydrogens is 224 g/mol. The van der Waals surface area contributed by atoms with Crippen LogP contribution >= 0.6 is 11.6 Å². The lowest BCUT2D eigenvalue weighted by molar-refractivity contribution is 0.419. The van der Waals surface area contributed by atoms with Crippen molar-refractivity contribution in [2.45, 2.75) is 13.5 Å². The Morgan fingerprint density at radius 1 is 1.44 bits per heavy atom. The van der Waals surface area contributed by atoms with Crippen LogP contribution in [-0.4, -0.2) is 19.1 Å². The molecule has 1 heterocycles. The number of H-pyrrole nitrogens is 1. The van der Waals surface area contributed by atoms with Crippen molar-refractivity contribution >= 4 is 22.5 Å². The Kier molecular flexibility index (Phi) is 3.08. The van der Waals surface area contributed by atoms with Crippen LogP contribution in [0.3, 0.4) is 0 Å². The van der Waals surface area contributed by atoms with E-state index in [0.717, 1.165) is 33.9 Å². The second kappa shape index (κ2) is 4.36. The Balaban J connectivity index is 2.78. The van der Waals surface area contributed by atoms with E-state index in [2.05, 4.69) is 10.3 Å². The number of aromatic amines is 1. The van der Waals surface area contributed by atoms with Crippen LogP contribution in [0.4, 0.5) is 0 Å². The third-order valence-electron chi connectivity index (χ3n) is 2.76. The van der Waals surface area contributed by atoms with E-state index in [1.54, 1.807) is 7.11 Å². The predicted octanol–water partition coefficient (Wildman–Crippen LogP) is 2.86. The Bertz CT molecular complexity index is 519. The van der Waals surface area contributed by atoms with Gasteiger partial charge in [0.15, 0.2) is 0 Å². The van der Waals surface area contributed by atoms with Crippen LogP contribution in [0.25, 0.3) is 10.9 Å². The Morgan fingerprint density at radius 2 is 2.19 bits per heavy atom. The van der Waals surface area contributed by atoms with E-state index in [1.165, 1.54) is 5.56 Å². The number of hydrogen-bond acceptors (Lipinski definition) is 2. The van der Waals surface area contributed by atoms with Crippen molar-refractivity contribution in [2.75, 3.05) is 14.2 Å². The molecule has 0 aliphatic rings. The topological polar surface area (TPSA) is 37.0 Å². The zero-order valence-electron chi connectivity index (χ0n) is 9.65. The fourth-order valence-electron chi connectivity index (χ4n) is 2.00. The first-order valence-electron chi connectivity index (χ1n) is 5.17. The first-order valence-corrected chi connectivity index (χ1v) is 5.55. The highest BCUT2D eigenvalue weighted by Gasteiger charge is 2.14. The highest BCUT2D eigenvalue weighted by atomic mass is 35.5. The number of rotatable bonds is 3. The smallest absolute Gasteiger partial charge is 0.128 e. The van der Waals surface area contributed by atoms with Gasteiger partial charge in [-0.3, -0.25) is 0 Å². The number of aromatic nitrogens is 1. The maximum atomic E-state index is 6.16. The van der Waals surface area contributed by atoms with E-state index in [1.807, 2.05) is 26.1 Å². The van der Waals surface area contributed by atoms with Crippen molar-refractivity contribution in [2.24, 2.45) is 0 Å². The van der Waals surface area contributed by atoms with E-state index >= 15 is 0 Å². The molecule has 1 aromatic carbocycles. The zero-order chi connectivity index (χ0) is 11.7. The summed E-state index contributed by atoms with van der Waals surface area (Å²) in [6.07, 6.45) is 0. The number of aryl methyl sites for hydroxylation is 1. The molecule has 0 aliphatic carbocycles. The molecule has 0 radical (unpaired) electrons. The maximum Gasteiger partial charge on any atom is 0.128 e. The molecule has 0 spiro atoms. The van der Waals surface area contributed by atoms with Crippen molar-refractivity contribution in [3.8, 4) is 5.75 Å². The third-order valence-corrected chi connectivity index (χ3v) is 3.07. The van der Waals surface area contributed by atoms with Crippen LogP contribution in [-0.2, 0) is 6.54 Å². The van der Waals surface area contributed by atoms with Gasteiger partial charge in [-0.25, -0.2) is 0 Å². The van der Waals surface area contributed by atoms with Gasteiger partial charge in [0.05, 0.1) is 17.6 Å². The van der Waals surface area contributed by atoms with Gasteiger partial charge in [0, 0.05) is 17.6 Å². The van der Waals surface area contributed by atoms with Crippen molar-refractivity contribution in [3.05, 3.63) is 28.4 Å². The summed E-state index contributed by atoms with van der Waals surface area (Å²) in [6.45, 7) is 2.84. The highest BCUT2D eigenvalue weighted by molar-refractivity contribution is 6.35. The number of methoxy groups -OCH3 is 1. The van der Waals surface area contributed by atoms with Gasteiger partial charge in [-0.15, -0.1) is 0 Å². The standard InChI is InChI=1S/C12H15ClN2O/c1-7-8(6-14-2)11-10(16-3)5-4-9(13)12(11)15-7/h4-5,14-15H,6H2,1-3H3. The summed E-state index contributed by atoms with van der Waals surface area (Å²) in [5.41, 5.74) is 3.27. The van der Waals surface area contributed by atoms with Crippen LogP contribution in [0, 0.1) is 6.92 Å². The van der Waals surface area contributed by atoms with Crippen LogP contribution < -0.4 is 10.1 Å². The molecule has 3 nitrogen and oxygen atoms in total. The van der Waals surface area contributed by atoms with Gasteiger partial charge in [0.25, 0.3) is 0 Å². The second-order valence-electron chi connectivity index (χ2n) is 3.76. The minimum absolute atomic E-state index is 0.723. The average Bonchev–Trinajstić information content (AvgIpc) is 2.59. The number of hydrogen-bond donors (Lipinski definition) is 2. The number of nitrogens with one attached hydrogen (secondary N) is 2. The number of fused-ring (bicyclic) bond motifs is 1. The van der Waals surface area contributed by atoms with Crippen LogP contribution in [0.2, 0.25) is 5.02 Å². The molecule has 0 amide bonds. The maximum absolute atomic E-state index is 6.16. The van der Waals surface area contributed by atoms with E-state index in [-0.39, 0.29) is 0 Å². The number of ether oxygens (including phenoxy) is 1. The molecule has 0 saturated carbocycles. The molecule has 86 valence electrons. The molecule has 16 heavy (non-hydrogen) atoms. The molecule has 4 heteroatoms. The molecule has 2 N–H and O–H groups in total. The molecule has 0 saturated heterocycles.